The van der Waals surface area contributed by atoms with E-state index < -0.39 is 32.2 Å². The Morgan fingerprint density at radius 2 is 1.51 bits per heavy atom. The first-order valence-corrected chi connectivity index (χ1v) is 14.1. The van der Waals surface area contributed by atoms with Gasteiger partial charge in [0.2, 0.25) is 0 Å². The minimum Gasteiger partial charge on any atom is -0.463 e. The van der Waals surface area contributed by atoms with E-state index in [2.05, 4.69) is 45.0 Å². The maximum absolute atomic E-state index is 11.6. The summed E-state index contributed by atoms with van der Waals surface area (Å²) in [4.78, 5) is 11.6. The Labute approximate surface area is 213 Å². The minimum atomic E-state index is -1.14. The van der Waals surface area contributed by atoms with E-state index in [-0.39, 0.29) is 28.9 Å². The van der Waals surface area contributed by atoms with E-state index in [4.69, 9.17) is 23.5 Å². The summed E-state index contributed by atoms with van der Waals surface area (Å²) in [7, 11) is -1.14. The summed E-state index contributed by atoms with van der Waals surface area (Å²) in [5.74, 6) is -1.16. The highest BCUT2D eigenvalue weighted by Crippen LogP contribution is 2.48. The summed E-state index contributed by atoms with van der Waals surface area (Å²) in [5, 5.41) is 2.23. The molecule has 2 heterocycles. The number of rotatable bonds is 7. The molecule has 2 aromatic carbocycles. The van der Waals surface area contributed by atoms with Gasteiger partial charge in [-0.3, -0.25) is 4.79 Å². The number of carbonyl (C=O) groups excluding carboxylic acids is 1. The summed E-state index contributed by atoms with van der Waals surface area (Å²) in [6.45, 7) is 11.8. The van der Waals surface area contributed by atoms with Crippen LogP contribution in [0.25, 0.3) is 0 Å². The van der Waals surface area contributed by atoms with Crippen LogP contribution in [0, 0.1) is 0 Å². The standard InChI is InChI=1S/C27H35O6PS/c1-18(28)29-17-21-22-23(32-27(5,6)31-22)24(25(30-21)35-26(2,3)4)33-34(19-13-9-7-10-14-19)20-15-11-8-12-16-20/h7-16,21-25H,17H2,1-6H3/t21?,22?,23?,24?,25-/m1/s1. The van der Waals surface area contributed by atoms with Gasteiger partial charge in [-0.2, -0.15) is 0 Å². The predicted octanol–water partition coefficient (Wildman–Crippen LogP) is 4.76. The molecule has 2 aromatic rings. The van der Waals surface area contributed by atoms with Crippen LogP contribution in [-0.4, -0.2) is 53.0 Å². The maximum atomic E-state index is 11.6. The molecule has 2 fully saturated rings. The largest absolute Gasteiger partial charge is 0.463 e. The molecule has 2 aliphatic heterocycles. The topological polar surface area (TPSA) is 63.2 Å². The Balaban J connectivity index is 1.71. The van der Waals surface area contributed by atoms with E-state index in [1.807, 2.05) is 50.2 Å². The van der Waals surface area contributed by atoms with E-state index in [1.165, 1.54) is 6.92 Å². The molecule has 0 radical (unpaired) electrons. The van der Waals surface area contributed by atoms with Crippen LogP contribution < -0.4 is 10.6 Å². The Bertz CT molecular complexity index is 941. The summed E-state index contributed by atoms with van der Waals surface area (Å²) < 4.78 is 31.6. The minimum absolute atomic E-state index is 0.0949. The van der Waals surface area contributed by atoms with Crippen LogP contribution in [0.15, 0.2) is 60.7 Å². The quantitative estimate of drug-likeness (QED) is 0.387. The van der Waals surface area contributed by atoms with Crippen molar-refractivity contribution in [3.8, 4) is 0 Å². The van der Waals surface area contributed by atoms with Crippen LogP contribution in [0.4, 0.5) is 0 Å². The van der Waals surface area contributed by atoms with Crippen LogP contribution in [0.5, 0.6) is 0 Å². The van der Waals surface area contributed by atoms with E-state index in [0.717, 1.165) is 10.6 Å². The summed E-state index contributed by atoms with van der Waals surface area (Å²) in [6, 6.07) is 20.6. The molecule has 4 rings (SSSR count). The number of hydrogen-bond acceptors (Lipinski definition) is 7. The Hall–Kier alpha value is -1.47. The van der Waals surface area contributed by atoms with Crippen LogP contribution in [0.1, 0.15) is 41.5 Å². The normalized spacial score (nSPS) is 28.0. The molecule has 0 N–H and O–H groups in total. The van der Waals surface area contributed by atoms with Gasteiger partial charge >= 0.3 is 5.97 Å². The van der Waals surface area contributed by atoms with Gasteiger partial charge in [-0.15, -0.1) is 11.8 Å². The zero-order chi connectivity index (χ0) is 25.2. The third-order valence-electron chi connectivity index (χ3n) is 5.56. The average molecular weight is 519 g/mol. The molecule has 0 spiro atoms. The third-order valence-corrected chi connectivity index (χ3v) is 8.87. The van der Waals surface area contributed by atoms with Crippen LogP contribution in [0.3, 0.4) is 0 Å². The highest BCUT2D eigenvalue weighted by molar-refractivity contribution is 8.01. The van der Waals surface area contributed by atoms with Gasteiger partial charge < -0.3 is 23.5 Å². The molecule has 35 heavy (non-hydrogen) atoms. The second-order valence-corrected chi connectivity index (χ2v) is 13.9. The fraction of sp³-hybridized carbons (Fsp3) is 0.519. The van der Waals surface area contributed by atoms with Gasteiger partial charge in [0.15, 0.2) is 5.79 Å². The van der Waals surface area contributed by atoms with Crippen molar-refractivity contribution in [1.29, 1.82) is 0 Å². The number of fused-ring (bicyclic) bond motifs is 1. The molecular weight excluding hydrogens is 483 g/mol. The summed E-state index contributed by atoms with van der Waals surface area (Å²) in [5.41, 5.74) is -0.341. The molecule has 8 heteroatoms. The van der Waals surface area contributed by atoms with Gasteiger partial charge in [-0.05, 0) is 13.8 Å². The highest BCUT2D eigenvalue weighted by atomic mass is 32.2. The molecule has 0 amide bonds. The molecule has 190 valence electrons. The van der Waals surface area contributed by atoms with Crippen molar-refractivity contribution in [1.82, 2.24) is 0 Å². The molecule has 0 aromatic heterocycles. The number of thioether (sulfide) groups is 1. The van der Waals surface area contributed by atoms with Crippen molar-refractivity contribution in [2.75, 3.05) is 6.61 Å². The van der Waals surface area contributed by atoms with E-state index in [9.17, 15) is 4.79 Å². The monoisotopic (exact) mass is 518 g/mol. The molecule has 0 aliphatic carbocycles. The van der Waals surface area contributed by atoms with Crippen molar-refractivity contribution in [2.24, 2.45) is 0 Å². The summed E-state index contributed by atoms with van der Waals surface area (Å²) in [6.07, 6.45) is -1.65. The smallest absolute Gasteiger partial charge is 0.302 e. The van der Waals surface area contributed by atoms with Gasteiger partial charge in [0.05, 0.1) is 8.15 Å². The van der Waals surface area contributed by atoms with E-state index in [0.29, 0.717) is 0 Å². The van der Waals surface area contributed by atoms with Gasteiger partial charge in [0.1, 0.15) is 36.5 Å². The lowest BCUT2D eigenvalue weighted by Crippen LogP contribution is -2.58. The van der Waals surface area contributed by atoms with Gasteiger partial charge in [0.25, 0.3) is 0 Å². The Morgan fingerprint density at radius 3 is 2.03 bits per heavy atom. The van der Waals surface area contributed by atoms with E-state index in [1.54, 1.807) is 11.8 Å². The number of benzene rings is 2. The molecular formula is C27H35O6PS. The lowest BCUT2D eigenvalue weighted by molar-refractivity contribution is -0.175. The molecule has 2 aliphatic rings. The fourth-order valence-electron chi connectivity index (χ4n) is 4.25. The first-order chi connectivity index (χ1) is 16.5. The van der Waals surface area contributed by atoms with Crippen molar-refractivity contribution in [3.05, 3.63) is 60.7 Å². The van der Waals surface area contributed by atoms with Crippen LogP contribution in [0.2, 0.25) is 0 Å². The van der Waals surface area contributed by atoms with Crippen molar-refractivity contribution < 1.29 is 28.3 Å². The predicted molar refractivity (Wildman–Crippen MR) is 140 cm³/mol. The molecule has 0 bridgehead atoms. The van der Waals surface area contributed by atoms with Crippen LogP contribution >= 0.6 is 19.9 Å². The average Bonchev–Trinajstić information content (AvgIpc) is 3.12. The number of carbonyl (C=O) groups is 1. The number of hydrogen-bond donors (Lipinski definition) is 0. The first-order valence-electron chi connectivity index (χ1n) is 11.9. The maximum Gasteiger partial charge on any atom is 0.302 e. The first kappa shape index (κ1) is 26.6. The summed E-state index contributed by atoms with van der Waals surface area (Å²) >= 11 is 1.69. The SMILES string of the molecule is CC(=O)OCC1O[C@H](SC(C)(C)C)C(OP(c2ccccc2)c2ccccc2)C2OC(C)(C)OC12. The molecule has 4 unspecified atom stereocenters. The van der Waals surface area contributed by atoms with Crippen LogP contribution in [-0.2, 0) is 28.3 Å². The van der Waals surface area contributed by atoms with Gasteiger partial charge in [-0.25, -0.2) is 0 Å². The van der Waals surface area contributed by atoms with E-state index >= 15 is 0 Å². The second-order valence-electron chi connectivity index (χ2n) is 10.2. The molecule has 0 saturated carbocycles. The Kier molecular flexibility index (Phi) is 8.26. The number of esters is 1. The molecule has 6 nitrogen and oxygen atoms in total. The van der Waals surface area contributed by atoms with Crippen molar-refractivity contribution in [3.63, 3.8) is 0 Å². The fourth-order valence-corrected chi connectivity index (χ4v) is 7.47. The van der Waals surface area contributed by atoms with Gasteiger partial charge in [-0.1, -0.05) is 81.4 Å². The highest BCUT2D eigenvalue weighted by Gasteiger charge is 2.57. The zero-order valence-electron chi connectivity index (χ0n) is 21.2. The second kappa shape index (κ2) is 10.9. The van der Waals surface area contributed by atoms with Gasteiger partial charge in [0, 0.05) is 22.3 Å². The molecule has 2 saturated heterocycles. The third kappa shape index (κ3) is 6.85. The Morgan fingerprint density at radius 1 is 0.971 bits per heavy atom. The van der Waals surface area contributed by atoms with Crippen molar-refractivity contribution >= 4 is 36.5 Å². The van der Waals surface area contributed by atoms with Crippen molar-refractivity contribution in [2.45, 2.75) is 81.9 Å². The molecule has 5 atom stereocenters. The zero-order valence-corrected chi connectivity index (χ0v) is 22.9. The lowest BCUT2D eigenvalue weighted by atomic mass is 10.0. The number of ether oxygens (including phenoxy) is 4. The lowest BCUT2D eigenvalue weighted by Gasteiger charge is -2.44.